The van der Waals surface area contributed by atoms with Gasteiger partial charge in [0.05, 0.1) is 12.7 Å². The Bertz CT molecular complexity index is 382. The van der Waals surface area contributed by atoms with E-state index in [1.165, 1.54) is 26.2 Å². The first-order valence-corrected chi connectivity index (χ1v) is 4.47. The van der Waals surface area contributed by atoms with Crippen LogP contribution in [0, 0.1) is 0 Å². The summed E-state index contributed by atoms with van der Waals surface area (Å²) in [5.74, 6) is -1.07. The highest BCUT2D eigenvalue weighted by atomic mass is 16.5. The maximum atomic E-state index is 11.5. The summed E-state index contributed by atoms with van der Waals surface area (Å²) in [4.78, 5) is 22.8. The molecule has 15 heavy (non-hydrogen) atoms. The quantitative estimate of drug-likeness (QED) is 0.595. The maximum Gasteiger partial charge on any atom is 0.338 e. The zero-order valence-corrected chi connectivity index (χ0v) is 8.56. The van der Waals surface area contributed by atoms with Crippen molar-refractivity contribution in [2.75, 3.05) is 7.11 Å². The summed E-state index contributed by atoms with van der Waals surface area (Å²) in [6.07, 6.45) is -1.13. The van der Waals surface area contributed by atoms with Crippen molar-refractivity contribution in [1.29, 1.82) is 0 Å². The molecule has 1 rings (SSSR count). The number of hydrogen-bond donors (Lipinski definition) is 1. The second-order valence-electron chi connectivity index (χ2n) is 3.08. The average molecular weight is 208 g/mol. The van der Waals surface area contributed by atoms with Crippen molar-refractivity contribution in [2.24, 2.45) is 0 Å². The van der Waals surface area contributed by atoms with E-state index in [0.717, 1.165) is 0 Å². The van der Waals surface area contributed by atoms with Crippen molar-refractivity contribution in [3.05, 3.63) is 35.4 Å². The summed E-state index contributed by atoms with van der Waals surface area (Å²) in [5.41, 5.74) is 0.352. The Morgan fingerprint density at radius 1 is 1.27 bits per heavy atom. The van der Waals surface area contributed by atoms with Crippen molar-refractivity contribution in [3.8, 4) is 0 Å². The first kappa shape index (κ1) is 11.4. The molecule has 0 radical (unpaired) electrons. The minimum absolute atomic E-state index is 0.172. The lowest BCUT2D eigenvalue weighted by molar-refractivity contribution is 0.0593. The third kappa shape index (κ3) is 2.41. The molecule has 0 fully saturated rings. The third-order valence-corrected chi connectivity index (χ3v) is 1.98. The Balaban J connectivity index is 3.18. The van der Waals surface area contributed by atoms with Crippen molar-refractivity contribution in [1.82, 2.24) is 0 Å². The van der Waals surface area contributed by atoms with E-state index in [1.54, 1.807) is 12.1 Å². The van der Waals surface area contributed by atoms with E-state index in [4.69, 9.17) is 5.11 Å². The molecule has 1 aromatic rings. The van der Waals surface area contributed by atoms with E-state index in [1.807, 2.05) is 0 Å². The van der Waals surface area contributed by atoms with Gasteiger partial charge in [0.1, 0.15) is 6.10 Å². The van der Waals surface area contributed by atoms with Crippen LogP contribution < -0.4 is 0 Å². The Hall–Kier alpha value is -1.68. The zero-order valence-electron chi connectivity index (χ0n) is 8.56. The molecule has 4 nitrogen and oxygen atoms in total. The zero-order chi connectivity index (χ0) is 11.4. The van der Waals surface area contributed by atoms with Crippen LogP contribution in [0.4, 0.5) is 0 Å². The Kier molecular flexibility index (Phi) is 3.57. The molecule has 0 spiro atoms. The summed E-state index contributed by atoms with van der Waals surface area (Å²) >= 11 is 0. The predicted molar refractivity (Wildman–Crippen MR) is 53.8 cm³/mol. The van der Waals surface area contributed by atoms with Crippen LogP contribution in [0.2, 0.25) is 0 Å². The lowest BCUT2D eigenvalue weighted by Gasteiger charge is -2.07. The monoisotopic (exact) mass is 208 g/mol. The molecule has 1 aromatic carbocycles. The number of aliphatic hydroxyl groups is 1. The molecule has 0 aliphatic heterocycles. The van der Waals surface area contributed by atoms with E-state index in [2.05, 4.69) is 4.74 Å². The largest absolute Gasteiger partial charge is 0.465 e. The summed E-state index contributed by atoms with van der Waals surface area (Å²) in [5, 5.41) is 9.15. The van der Waals surface area contributed by atoms with Crippen LogP contribution in [0.1, 0.15) is 27.6 Å². The average Bonchev–Trinajstić information content (AvgIpc) is 2.27. The van der Waals surface area contributed by atoms with Gasteiger partial charge in [-0.15, -0.1) is 0 Å². The van der Waals surface area contributed by atoms with Crippen molar-refractivity contribution in [3.63, 3.8) is 0 Å². The molecule has 0 heterocycles. The number of hydrogen-bond acceptors (Lipinski definition) is 4. The van der Waals surface area contributed by atoms with Crippen LogP contribution in [0.25, 0.3) is 0 Å². The van der Waals surface area contributed by atoms with Gasteiger partial charge in [0.2, 0.25) is 0 Å². The van der Waals surface area contributed by atoms with Gasteiger partial charge in [-0.05, 0) is 13.0 Å². The van der Waals surface area contributed by atoms with E-state index in [-0.39, 0.29) is 11.1 Å². The fourth-order valence-electron chi connectivity index (χ4n) is 1.21. The summed E-state index contributed by atoms with van der Waals surface area (Å²) in [7, 11) is 1.24. The number of esters is 1. The summed E-state index contributed by atoms with van der Waals surface area (Å²) in [6, 6.07) is 6.23. The molecule has 0 aromatic heterocycles. The minimum atomic E-state index is -1.13. The third-order valence-electron chi connectivity index (χ3n) is 1.98. The van der Waals surface area contributed by atoms with Crippen LogP contribution in [0.15, 0.2) is 24.3 Å². The Morgan fingerprint density at radius 3 is 2.27 bits per heavy atom. The van der Waals surface area contributed by atoms with Crippen molar-refractivity contribution >= 4 is 11.8 Å². The first-order chi connectivity index (χ1) is 7.07. The highest BCUT2D eigenvalue weighted by Crippen LogP contribution is 2.12. The molecular weight excluding hydrogens is 196 g/mol. The summed E-state index contributed by atoms with van der Waals surface area (Å²) < 4.78 is 4.53. The van der Waals surface area contributed by atoms with Gasteiger partial charge in [0, 0.05) is 5.56 Å². The van der Waals surface area contributed by atoms with Gasteiger partial charge in [0.15, 0.2) is 5.78 Å². The fraction of sp³-hybridized carbons (Fsp3) is 0.273. The SMILES string of the molecule is COC(=O)c1ccccc1C(=O)C(C)O. The Morgan fingerprint density at radius 2 is 1.80 bits per heavy atom. The molecule has 0 bridgehead atoms. The van der Waals surface area contributed by atoms with Gasteiger partial charge < -0.3 is 9.84 Å². The lowest BCUT2D eigenvalue weighted by Crippen LogP contribution is -2.19. The first-order valence-electron chi connectivity index (χ1n) is 4.47. The molecule has 1 atom stereocenters. The van der Waals surface area contributed by atoms with Gasteiger partial charge in [0.25, 0.3) is 0 Å². The molecule has 1 N–H and O–H groups in total. The number of ketones is 1. The number of methoxy groups -OCH3 is 1. The van der Waals surface area contributed by atoms with Crippen molar-refractivity contribution < 1.29 is 19.4 Å². The molecule has 0 aliphatic rings. The second-order valence-corrected chi connectivity index (χ2v) is 3.08. The number of carbonyl (C=O) groups is 2. The normalized spacial score (nSPS) is 11.9. The van der Waals surface area contributed by atoms with Crippen LogP contribution in [-0.2, 0) is 4.74 Å². The number of carbonyl (C=O) groups excluding carboxylic acids is 2. The number of benzene rings is 1. The molecule has 4 heteroatoms. The molecule has 0 aliphatic carbocycles. The highest BCUT2D eigenvalue weighted by molar-refractivity contribution is 6.07. The highest BCUT2D eigenvalue weighted by Gasteiger charge is 2.19. The van der Waals surface area contributed by atoms with Gasteiger partial charge in [-0.1, -0.05) is 18.2 Å². The maximum absolute atomic E-state index is 11.5. The molecule has 1 unspecified atom stereocenters. The van der Waals surface area contributed by atoms with E-state index < -0.39 is 17.9 Å². The predicted octanol–water partition coefficient (Wildman–Crippen LogP) is 1.04. The minimum Gasteiger partial charge on any atom is -0.465 e. The van der Waals surface area contributed by atoms with Crippen molar-refractivity contribution in [2.45, 2.75) is 13.0 Å². The number of rotatable bonds is 3. The van der Waals surface area contributed by atoms with Crippen LogP contribution in [0.3, 0.4) is 0 Å². The second kappa shape index (κ2) is 4.70. The summed E-state index contributed by atoms with van der Waals surface area (Å²) in [6.45, 7) is 1.36. The molecule has 0 saturated carbocycles. The van der Waals surface area contributed by atoms with Crippen LogP contribution in [-0.4, -0.2) is 30.1 Å². The molecular formula is C11H12O4. The smallest absolute Gasteiger partial charge is 0.338 e. The van der Waals surface area contributed by atoms with Gasteiger partial charge >= 0.3 is 5.97 Å². The lowest BCUT2D eigenvalue weighted by atomic mass is 10.0. The van der Waals surface area contributed by atoms with Gasteiger partial charge in [-0.25, -0.2) is 4.79 Å². The number of aliphatic hydroxyl groups excluding tert-OH is 1. The van der Waals surface area contributed by atoms with Gasteiger partial charge in [-0.2, -0.15) is 0 Å². The van der Waals surface area contributed by atoms with Crippen LogP contribution in [0.5, 0.6) is 0 Å². The fourth-order valence-corrected chi connectivity index (χ4v) is 1.21. The van der Waals surface area contributed by atoms with E-state index in [0.29, 0.717) is 0 Å². The number of Topliss-reactive ketones (excluding diaryl/α,β-unsaturated/α-hetero) is 1. The van der Waals surface area contributed by atoms with E-state index in [9.17, 15) is 9.59 Å². The van der Waals surface area contributed by atoms with E-state index >= 15 is 0 Å². The standard InChI is InChI=1S/C11H12O4/c1-7(12)10(13)8-5-3-4-6-9(8)11(14)15-2/h3-7,12H,1-2H3. The molecule has 0 saturated heterocycles. The van der Waals surface area contributed by atoms with Crippen LogP contribution >= 0.6 is 0 Å². The topological polar surface area (TPSA) is 63.6 Å². The molecule has 80 valence electrons. The van der Waals surface area contributed by atoms with Gasteiger partial charge in [-0.3, -0.25) is 4.79 Å². The number of ether oxygens (including phenoxy) is 1. The molecule has 0 amide bonds. The Labute approximate surface area is 87.5 Å².